The summed E-state index contributed by atoms with van der Waals surface area (Å²) in [4.78, 5) is 0. The Balaban J connectivity index is 2.73. The van der Waals surface area contributed by atoms with Gasteiger partial charge < -0.3 is 4.48 Å². The van der Waals surface area contributed by atoms with E-state index in [4.69, 9.17) is 0 Å². The molecule has 0 saturated heterocycles. The second kappa shape index (κ2) is 9.80. The Morgan fingerprint density at radius 2 is 1.11 bits per heavy atom. The van der Waals surface area contributed by atoms with Gasteiger partial charge in [0.2, 0.25) is 0 Å². The summed E-state index contributed by atoms with van der Waals surface area (Å²) in [6.07, 6.45) is 15.9. The normalized spacial score (nSPS) is 17.8. The van der Waals surface area contributed by atoms with Gasteiger partial charge in [-0.15, -0.1) is 0 Å². The highest BCUT2D eigenvalue weighted by Crippen LogP contribution is 2.30. The van der Waals surface area contributed by atoms with Gasteiger partial charge in [0.25, 0.3) is 0 Å². The van der Waals surface area contributed by atoms with Crippen molar-refractivity contribution < 1.29 is 4.48 Å². The van der Waals surface area contributed by atoms with Crippen LogP contribution in [0.5, 0.6) is 0 Å². The van der Waals surface area contributed by atoms with Gasteiger partial charge in [-0.1, -0.05) is 46.5 Å². The third kappa shape index (κ3) is 5.45. The van der Waals surface area contributed by atoms with Gasteiger partial charge in [0.15, 0.2) is 0 Å². The van der Waals surface area contributed by atoms with Gasteiger partial charge in [-0.3, -0.25) is 0 Å². The van der Waals surface area contributed by atoms with E-state index in [0.717, 1.165) is 6.04 Å². The highest BCUT2D eigenvalue weighted by molar-refractivity contribution is 4.68. The highest BCUT2D eigenvalue weighted by Gasteiger charge is 2.35. The Morgan fingerprint density at radius 1 is 0.684 bits per heavy atom. The summed E-state index contributed by atoms with van der Waals surface area (Å²) < 4.78 is 1.48. The Hall–Kier alpha value is -0.0400. The van der Waals surface area contributed by atoms with Crippen molar-refractivity contribution in [3.8, 4) is 0 Å². The van der Waals surface area contributed by atoms with E-state index in [9.17, 15) is 0 Å². The monoisotopic (exact) mass is 268 g/mol. The molecule has 0 atom stereocenters. The minimum absolute atomic E-state index is 0.999. The first-order valence-electron chi connectivity index (χ1n) is 9.14. The minimum Gasteiger partial charge on any atom is -0.321 e. The van der Waals surface area contributed by atoms with Crippen LogP contribution in [0.4, 0.5) is 0 Å². The Morgan fingerprint density at radius 3 is 1.47 bits per heavy atom. The smallest absolute Gasteiger partial charge is 0.0890 e. The van der Waals surface area contributed by atoms with Gasteiger partial charge >= 0.3 is 0 Å². The molecule has 1 nitrogen and oxygen atoms in total. The second-order valence-corrected chi connectivity index (χ2v) is 6.74. The summed E-state index contributed by atoms with van der Waals surface area (Å²) in [6.45, 7) is 11.4. The zero-order chi connectivity index (χ0) is 14.0. The van der Waals surface area contributed by atoms with Crippen LogP contribution in [0, 0.1) is 0 Å². The molecular weight excluding hydrogens is 230 g/mol. The number of rotatable bonds is 10. The molecule has 1 fully saturated rings. The largest absolute Gasteiger partial charge is 0.321 e. The maximum Gasteiger partial charge on any atom is 0.0890 e. The van der Waals surface area contributed by atoms with Crippen LogP contribution in [0.1, 0.15) is 91.4 Å². The number of hydrogen-bond acceptors (Lipinski definition) is 0. The fourth-order valence-corrected chi connectivity index (χ4v) is 3.93. The van der Waals surface area contributed by atoms with E-state index in [0.29, 0.717) is 0 Å². The average molecular weight is 269 g/mol. The maximum atomic E-state index is 2.36. The number of quaternary nitrogens is 1. The Labute approximate surface area is 122 Å². The maximum absolute atomic E-state index is 2.36. The molecular formula is C18H38N+. The zero-order valence-electron chi connectivity index (χ0n) is 13.9. The molecule has 0 bridgehead atoms. The summed E-state index contributed by atoms with van der Waals surface area (Å²) in [5.74, 6) is 0. The van der Waals surface area contributed by atoms with Crippen molar-refractivity contribution in [2.75, 3.05) is 19.6 Å². The van der Waals surface area contributed by atoms with E-state index in [1.54, 1.807) is 0 Å². The first-order valence-corrected chi connectivity index (χ1v) is 9.14. The predicted molar refractivity (Wildman–Crippen MR) is 86.5 cm³/mol. The summed E-state index contributed by atoms with van der Waals surface area (Å²) in [6, 6.07) is 0.999. The van der Waals surface area contributed by atoms with E-state index >= 15 is 0 Å². The summed E-state index contributed by atoms with van der Waals surface area (Å²) in [5, 5.41) is 0. The van der Waals surface area contributed by atoms with E-state index < -0.39 is 0 Å². The summed E-state index contributed by atoms with van der Waals surface area (Å²) >= 11 is 0. The standard InChI is InChI=1S/C18H38N/c1-4-7-15-19(16-8-5-2,17-9-6-3)18-13-11-10-12-14-18/h18H,4-17H2,1-3H3/q+1. The molecule has 1 saturated carbocycles. The molecule has 0 amide bonds. The minimum atomic E-state index is 0.999. The SMILES string of the molecule is CCCC[N+](CCCC)(CCCC)C1CCCCC1. The first kappa shape index (κ1) is 17.0. The lowest BCUT2D eigenvalue weighted by Crippen LogP contribution is -2.57. The van der Waals surface area contributed by atoms with E-state index in [1.807, 2.05) is 0 Å². The first-order chi connectivity index (χ1) is 9.29. The van der Waals surface area contributed by atoms with E-state index in [-0.39, 0.29) is 0 Å². The predicted octanol–water partition coefficient (Wildman–Crippen LogP) is 5.54. The molecule has 0 heterocycles. The summed E-state index contributed by atoms with van der Waals surface area (Å²) in [7, 11) is 0. The van der Waals surface area contributed by atoms with Gasteiger partial charge in [0.05, 0.1) is 25.7 Å². The van der Waals surface area contributed by atoms with Crippen molar-refractivity contribution in [2.45, 2.75) is 97.4 Å². The van der Waals surface area contributed by atoms with E-state index in [2.05, 4.69) is 20.8 Å². The fraction of sp³-hybridized carbons (Fsp3) is 1.00. The molecule has 0 aromatic heterocycles. The molecule has 1 rings (SSSR count). The van der Waals surface area contributed by atoms with Gasteiger partial charge in [-0.05, 0) is 44.9 Å². The molecule has 19 heavy (non-hydrogen) atoms. The quantitative estimate of drug-likeness (QED) is 0.457. The Kier molecular flexibility index (Phi) is 8.77. The topological polar surface area (TPSA) is 0 Å². The average Bonchev–Trinajstić information content (AvgIpc) is 2.48. The lowest BCUT2D eigenvalue weighted by atomic mass is 9.91. The van der Waals surface area contributed by atoms with Crippen LogP contribution < -0.4 is 0 Å². The van der Waals surface area contributed by atoms with Crippen molar-refractivity contribution in [3.63, 3.8) is 0 Å². The summed E-state index contributed by atoms with van der Waals surface area (Å²) in [5.41, 5.74) is 0. The van der Waals surface area contributed by atoms with Crippen molar-refractivity contribution in [3.05, 3.63) is 0 Å². The number of unbranched alkanes of at least 4 members (excludes halogenated alkanes) is 3. The Bertz CT molecular complexity index is 184. The molecule has 1 aliphatic rings. The fourth-order valence-electron chi connectivity index (χ4n) is 3.93. The van der Waals surface area contributed by atoms with Crippen LogP contribution >= 0.6 is 0 Å². The van der Waals surface area contributed by atoms with Crippen LogP contribution in [0.3, 0.4) is 0 Å². The molecule has 1 aliphatic carbocycles. The van der Waals surface area contributed by atoms with Crippen LogP contribution in [0.15, 0.2) is 0 Å². The van der Waals surface area contributed by atoms with Gasteiger partial charge in [0, 0.05) is 0 Å². The van der Waals surface area contributed by atoms with Crippen molar-refractivity contribution in [1.29, 1.82) is 0 Å². The van der Waals surface area contributed by atoms with Crippen molar-refractivity contribution in [1.82, 2.24) is 0 Å². The molecule has 0 N–H and O–H groups in total. The van der Waals surface area contributed by atoms with Crippen LogP contribution in [-0.4, -0.2) is 30.2 Å². The lowest BCUT2D eigenvalue weighted by molar-refractivity contribution is -0.953. The molecule has 0 spiro atoms. The van der Waals surface area contributed by atoms with Crippen LogP contribution in [-0.2, 0) is 0 Å². The molecule has 0 unspecified atom stereocenters. The zero-order valence-corrected chi connectivity index (χ0v) is 13.9. The molecule has 0 aliphatic heterocycles. The molecule has 0 aromatic carbocycles. The van der Waals surface area contributed by atoms with Gasteiger partial charge in [-0.25, -0.2) is 0 Å². The second-order valence-electron chi connectivity index (χ2n) is 6.74. The number of hydrogen-bond donors (Lipinski definition) is 0. The molecule has 1 heteroatoms. The van der Waals surface area contributed by atoms with Crippen LogP contribution in [0.2, 0.25) is 0 Å². The molecule has 0 aromatic rings. The third-order valence-corrected chi connectivity index (χ3v) is 5.22. The lowest BCUT2D eigenvalue weighted by Gasteiger charge is -2.47. The highest BCUT2D eigenvalue weighted by atomic mass is 15.4. The van der Waals surface area contributed by atoms with Gasteiger partial charge in [0.1, 0.15) is 0 Å². The molecule has 114 valence electrons. The van der Waals surface area contributed by atoms with E-state index in [1.165, 1.54) is 94.7 Å². The molecule has 0 radical (unpaired) electrons. The van der Waals surface area contributed by atoms with Gasteiger partial charge in [-0.2, -0.15) is 0 Å². The third-order valence-electron chi connectivity index (χ3n) is 5.22. The van der Waals surface area contributed by atoms with Crippen molar-refractivity contribution in [2.24, 2.45) is 0 Å². The van der Waals surface area contributed by atoms with Crippen molar-refractivity contribution >= 4 is 0 Å². The number of nitrogens with zero attached hydrogens (tertiary/aromatic N) is 1. The van der Waals surface area contributed by atoms with Crippen LogP contribution in [0.25, 0.3) is 0 Å².